The highest BCUT2D eigenvalue weighted by Crippen LogP contribution is 2.27. The van der Waals surface area contributed by atoms with Gasteiger partial charge in [0.2, 0.25) is 0 Å². The summed E-state index contributed by atoms with van der Waals surface area (Å²) in [5.41, 5.74) is 11.7. The lowest BCUT2D eigenvalue weighted by Crippen LogP contribution is -1.87. The molecule has 4 heterocycles. The fraction of sp³-hybridized carbons (Fsp3) is 0.0500. The number of rotatable bonds is 6. The maximum atomic E-state index is 9.31. The molecule has 0 radical (unpaired) electrons. The normalized spacial score (nSPS) is 10.9. The van der Waals surface area contributed by atoms with Crippen molar-refractivity contribution in [1.82, 2.24) is 18.8 Å². The molecule has 0 aliphatic carbocycles. The van der Waals surface area contributed by atoms with Gasteiger partial charge in [0.05, 0.1) is 24.6 Å². The first kappa shape index (κ1) is 33.9. The van der Waals surface area contributed by atoms with Crippen LogP contribution in [0.25, 0.3) is 56.1 Å². The molecule has 2 N–H and O–H groups in total. The molecule has 6 nitrogen and oxygen atoms in total. The quantitative estimate of drug-likeness (QED) is 0.181. The molecule has 0 atom stereocenters. The number of pyridine rings is 2. The van der Waals surface area contributed by atoms with Crippen LogP contribution >= 0.6 is 35.6 Å². The molecule has 4 aromatic carbocycles. The van der Waals surface area contributed by atoms with Gasteiger partial charge in [-0.25, -0.2) is 9.97 Å². The first-order chi connectivity index (χ1) is 23.4. The lowest BCUT2D eigenvalue weighted by atomic mass is 10.1. The van der Waals surface area contributed by atoms with Crippen LogP contribution in [0.2, 0.25) is 10.0 Å². The molecular formula is C40H31Cl3N4O2. The van der Waals surface area contributed by atoms with Gasteiger partial charge in [-0.2, -0.15) is 0 Å². The first-order valence-corrected chi connectivity index (χ1v) is 16.1. The molecule has 0 saturated heterocycles. The van der Waals surface area contributed by atoms with E-state index in [1.807, 2.05) is 149 Å². The summed E-state index contributed by atoms with van der Waals surface area (Å²) in [5.74, 6) is 0. The number of aromatic nitrogens is 4. The molecule has 0 aliphatic rings. The van der Waals surface area contributed by atoms with E-state index >= 15 is 0 Å². The van der Waals surface area contributed by atoms with Gasteiger partial charge in [-0.05, 0) is 94.0 Å². The molecule has 0 amide bonds. The van der Waals surface area contributed by atoms with Gasteiger partial charge in [0, 0.05) is 46.0 Å². The minimum Gasteiger partial charge on any atom is -0.392 e. The van der Waals surface area contributed by atoms with Crippen LogP contribution in [0.4, 0.5) is 0 Å². The molecule has 9 heteroatoms. The van der Waals surface area contributed by atoms with E-state index in [9.17, 15) is 10.2 Å². The molecule has 0 spiro atoms. The second-order valence-corrected chi connectivity index (χ2v) is 12.2. The summed E-state index contributed by atoms with van der Waals surface area (Å²) in [4.78, 5) is 9.32. The number of fused-ring (bicyclic) bond motifs is 2. The highest BCUT2D eigenvalue weighted by atomic mass is 35.5. The third kappa shape index (κ3) is 7.70. The van der Waals surface area contributed by atoms with Crippen LogP contribution in [0.3, 0.4) is 0 Å². The summed E-state index contributed by atoms with van der Waals surface area (Å²) >= 11 is 12.0. The summed E-state index contributed by atoms with van der Waals surface area (Å²) in [5, 5.41) is 20.0. The van der Waals surface area contributed by atoms with Crippen molar-refractivity contribution in [3.05, 3.63) is 167 Å². The SMILES string of the molecule is Cl.OCc1cccc(-c2ccc3nc(-c4ccc(Cl)cc4)cn3c2)c1.OCc1cccc(-c2ccc3nc(-c4cccc(Cl)c4)cn3c2)c1. The van der Waals surface area contributed by atoms with Crippen LogP contribution in [-0.2, 0) is 13.2 Å². The summed E-state index contributed by atoms with van der Waals surface area (Å²) in [6, 6.07) is 39.3. The third-order valence-electron chi connectivity index (χ3n) is 8.05. The zero-order valence-corrected chi connectivity index (χ0v) is 28.4. The molecule has 244 valence electrons. The number of imidazole rings is 2. The zero-order valence-electron chi connectivity index (χ0n) is 26.1. The first-order valence-electron chi connectivity index (χ1n) is 15.4. The van der Waals surface area contributed by atoms with E-state index in [1.165, 1.54) is 0 Å². The summed E-state index contributed by atoms with van der Waals surface area (Å²) in [7, 11) is 0. The molecular weight excluding hydrogens is 675 g/mol. The highest BCUT2D eigenvalue weighted by molar-refractivity contribution is 6.31. The number of aliphatic hydroxyl groups is 2. The summed E-state index contributed by atoms with van der Waals surface area (Å²) < 4.78 is 4.03. The number of hydrogen-bond acceptors (Lipinski definition) is 4. The number of aliphatic hydroxyl groups excluding tert-OH is 2. The van der Waals surface area contributed by atoms with Crippen molar-refractivity contribution in [1.29, 1.82) is 0 Å². The monoisotopic (exact) mass is 704 g/mol. The van der Waals surface area contributed by atoms with Crippen molar-refractivity contribution in [3.63, 3.8) is 0 Å². The van der Waals surface area contributed by atoms with Gasteiger partial charge in [0.25, 0.3) is 0 Å². The second kappa shape index (κ2) is 15.1. The van der Waals surface area contributed by atoms with E-state index in [0.29, 0.717) is 10.0 Å². The summed E-state index contributed by atoms with van der Waals surface area (Å²) in [6.45, 7) is 0.0853. The Morgan fingerprint density at radius 3 is 1.43 bits per heavy atom. The van der Waals surface area contributed by atoms with Gasteiger partial charge >= 0.3 is 0 Å². The van der Waals surface area contributed by atoms with Crippen molar-refractivity contribution in [3.8, 4) is 44.8 Å². The lowest BCUT2D eigenvalue weighted by molar-refractivity contribution is 0.281. The van der Waals surface area contributed by atoms with Gasteiger partial charge in [0.15, 0.2) is 0 Å². The average Bonchev–Trinajstić information content (AvgIpc) is 3.76. The Morgan fingerprint density at radius 1 is 0.449 bits per heavy atom. The van der Waals surface area contributed by atoms with Crippen molar-refractivity contribution in [2.45, 2.75) is 13.2 Å². The molecule has 0 unspecified atom stereocenters. The number of nitrogens with zero attached hydrogens (tertiary/aromatic N) is 4. The number of hydrogen-bond donors (Lipinski definition) is 2. The highest BCUT2D eigenvalue weighted by Gasteiger charge is 2.08. The van der Waals surface area contributed by atoms with Gasteiger partial charge in [-0.3, -0.25) is 0 Å². The smallest absolute Gasteiger partial charge is 0.137 e. The Balaban J connectivity index is 0.000000167. The van der Waals surface area contributed by atoms with E-state index < -0.39 is 0 Å². The molecule has 0 fully saturated rings. The number of benzene rings is 4. The van der Waals surface area contributed by atoms with Crippen molar-refractivity contribution in [2.75, 3.05) is 0 Å². The van der Waals surface area contributed by atoms with Crippen LogP contribution in [0, 0.1) is 0 Å². The fourth-order valence-electron chi connectivity index (χ4n) is 5.57. The predicted molar refractivity (Wildman–Crippen MR) is 201 cm³/mol. The van der Waals surface area contributed by atoms with Crippen LogP contribution < -0.4 is 0 Å². The fourth-order valence-corrected chi connectivity index (χ4v) is 5.89. The van der Waals surface area contributed by atoms with E-state index in [1.54, 1.807) is 0 Å². The minimum atomic E-state index is 0. The van der Waals surface area contributed by atoms with Gasteiger partial charge in [-0.1, -0.05) is 83.9 Å². The molecule has 8 rings (SSSR count). The Bertz CT molecular complexity index is 2370. The molecule has 0 aliphatic heterocycles. The largest absolute Gasteiger partial charge is 0.392 e. The topological polar surface area (TPSA) is 75.1 Å². The van der Waals surface area contributed by atoms with Crippen LogP contribution in [0.1, 0.15) is 11.1 Å². The maximum Gasteiger partial charge on any atom is 0.137 e. The Hall–Kier alpha value is -4.95. The van der Waals surface area contributed by atoms with Crippen LogP contribution in [-0.4, -0.2) is 29.0 Å². The van der Waals surface area contributed by atoms with E-state index in [2.05, 4.69) is 16.2 Å². The van der Waals surface area contributed by atoms with Crippen molar-refractivity contribution in [2.24, 2.45) is 0 Å². The lowest BCUT2D eigenvalue weighted by Gasteiger charge is -2.04. The molecule has 8 aromatic rings. The molecule has 4 aromatic heterocycles. The second-order valence-electron chi connectivity index (χ2n) is 11.4. The third-order valence-corrected chi connectivity index (χ3v) is 8.54. The van der Waals surface area contributed by atoms with Crippen LogP contribution in [0.15, 0.2) is 146 Å². The molecule has 0 saturated carbocycles. The standard InChI is InChI=1S/2C20H15ClN2O.ClH/c21-18-6-2-5-16(10-18)19-12-23-11-17(7-8-20(23)22-19)15-4-1-3-14(9-15)13-24;21-18-7-4-15(5-8-18)19-12-23-11-17(6-9-20(23)22-19)16-3-1-2-14(10-16)13-24;/h2*1-12,24H,13H2;1H. The van der Waals surface area contributed by atoms with E-state index in [-0.39, 0.29) is 25.6 Å². The Kier molecular flexibility index (Phi) is 10.4. The van der Waals surface area contributed by atoms with Gasteiger partial charge < -0.3 is 19.0 Å². The minimum absolute atomic E-state index is 0. The van der Waals surface area contributed by atoms with Crippen LogP contribution in [0.5, 0.6) is 0 Å². The van der Waals surface area contributed by atoms with Crippen molar-refractivity contribution >= 4 is 46.9 Å². The molecule has 49 heavy (non-hydrogen) atoms. The maximum absolute atomic E-state index is 9.31. The van der Waals surface area contributed by atoms with Crippen molar-refractivity contribution < 1.29 is 10.2 Å². The average molecular weight is 706 g/mol. The van der Waals surface area contributed by atoms with Gasteiger partial charge in [0.1, 0.15) is 11.3 Å². The zero-order chi connectivity index (χ0) is 33.0. The summed E-state index contributed by atoms with van der Waals surface area (Å²) in [6.07, 6.45) is 8.11. The van der Waals surface area contributed by atoms with Gasteiger partial charge in [-0.15, -0.1) is 12.4 Å². The Labute approximate surface area is 299 Å². The molecule has 0 bridgehead atoms. The Morgan fingerprint density at radius 2 is 0.918 bits per heavy atom. The van der Waals surface area contributed by atoms with E-state index in [4.69, 9.17) is 23.2 Å². The number of halogens is 3. The van der Waals surface area contributed by atoms with E-state index in [0.717, 1.165) is 67.2 Å². The predicted octanol–water partition coefficient (Wildman–Crippen LogP) is 10.0.